The van der Waals surface area contributed by atoms with E-state index < -0.39 is 0 Å². The highest BCUT2D eigenvalue weighted by Crippen LogP contribution is 2.19. The average molecular weight is 205 g/mol. The van der Waals surface area contributed by atoms with Crippen LogP contribution >= 0.6 is 0 Å². The first kappa shape index (κ1) is 10.6. The molecule has 0 atom stereocenters. The molecular formula is C12H19N3. The molecule has 0 spiro atoms. The fraction of sp³-hybridized carbons (Fsp3) is 0.667. The molecule has 3 nitrogen and oxygen atoms in total. The van der Waals surface area contributed by atoms with Gasteiger partial charge in [-0.25, -0.2) is 9.97 Å². The summed E-state index contributed by atoms with van der Waals surface area (Å²) in [6, 6.07) is 0. The van der Waals surface area contributed by atoms with Crippen LogP contribution in [0.4, 0.5) is 0 Å². The van der Waals surface area contributed by atoms with Crippen LogP contribution in [0, 0.1) is 0 Å². The second kappa shape index (κ2) is 4.27. The van der Waals surface area contributed by atoms with Crippen LogP contribution in [0.15, 0.2) is 0 Å². The maximum atomic E-state index is 4.67. The minimum Gasteiger partial charge on any atom is -0.312 e. The highest BCUT2D eigenvalue weighted by molar-refractivity contribution is 5.28. The van der Waals surface area contributed by atoms with Crippen molar-refractivity contribution < 1.29 is 0 Å². The lowest BCUT2D eigenvalue weighted by molar-refractivity contribution is 0.603. The third-order valence-corrected chi connectivity index (χ3v) is 2.89. The Morgan fingerprint density at radius 3 is 2.80 bits per heavy atom. The van der Waals surface area contributed by atoms with Crippen molar-refractivity contribution in [1.29, 1.82) is 0 Å². The number of fused-ring (bicyclic) bond motifs is 1. The number of nitrogens with one attached hydrogen (secondary N) is 1. The summed E-state index contributed by atoms with van der Waals surface area (Å²) in [5, 5.41) is 3.38. The number of hydrogen-bond acceptors (Lipinski definition) is 3. The molecule has 0 unspecified atom stereocenters. The first-order chi connectivity index (χ1) is 7.22. The summed E-state index contributed by atoms with van der Waals surface area (Å²) >= 11 is 0. The molecule has 0 aliphatic carbocycles. The summed E-state index contributed by atoms with van der Waals surface area (Å²) < 4.78 is 0. The Morgan fingerprint density at radius 2 is 2.13 bits per heavy atom. The van der Waals surface area contributed by atoms with Crippen molar-refractivity contribution in [2.45, 2.75) is 46.1 Å². The largest absolute Gasteiger partial charge is 0.312 e. The van der Waals surface area contributed by atoms with Gasteiger partial charge in [-0.05, 0) is 6.42 Å². The zero-order valence-corrected chi connectivity index (χ0v) is 9.80. The van der Waals surface area contributed by atoms with Crippen LogP contribution in [0.25, 0.3) is 0 Å². The van der Waals surface area contributed by atoms with E-state index in [2.05, 4.69) is 36.1 Å². The lowest BCUT2D eigenvalue weighted by Crippen LogP contribution is -2.27. The molecule has 1 aromatic rings. The van der Waals surface area contributed by atoms with Crippen molar-refractivity contribution in [3.63, 3.8) is 0 Å². The Kier molecular flexibility index (Phi) is 3.00. The summed E-state index contributed by atoms with van der Waals surface area (Å²) in [5.41, 5.74) is 3.84. The highest BCUT2D eigenvalue weighted by atomic mass is 15.0. The molecule has 0 bridgehead atoms. The summed E-state index contributed by atoms with van der Waals surface area (Å²) in [7, 11) is 0. The van der Waals surface area contributed by atoms with Crippen LogP contribution in [0.5, 0.6) is 0 Å². The van der Waals surface area contributed by atoms with Gasteiger partial charge in [-0.3, -0.25) is 0 Å². The maximum Gasteiger partial charge on any atom is 0.131 e. The Labute approximate surface area is 91.3 Å². The molecule has 0 radical (unpaired) electrons. The maximum absolute atomic E-state index is 4.67. The molecule has 0 amide bonds. The van der Waals surface area contributed by atoms with Gasteiger partial charge in [-0.15, -0.1) is 0 Å². The predicted molar refractivity (Wildman–Crippen MR) is 60.9 cm³/mol. The lowest BCUT2D eigenvalue weighted by Gasteiger charge is -2.20. The third kappa shape index (κ3) is 2.02. The van der Waals surface area contributed by atoms with Crippen LogP contribution in [0.1, 0.15) is 49.5 Å². The van der Waals surface area contributed by atoms with E-state index in [1.807, 2.05) is 0 Å². The summed E-state index contributed by atoms with van der Waals surface area (Å²) in [6.07, 6.45) is 2.05. The standard InChI is InChI=1S/C12H19N3/c1-4-10-9-7-13-6-5-11(9)15-12(14-10)8(2)3/h8,13H,4-7H2,1-3H3. The van der Waals surface area contributed by atoms with Crippen molar-refractivity contribution in [1.82, 2.24) is 15.3 Å². The minimum atomic E-state index is 0.426. The van der Waals surface area contributed by atoms with Crippen LogP contribution in [0.2, 0.25) is 0 Å². The molecule has 1 aliphatic heterocycles. The first-order valence-corrected chi connectivity index (χ1v) is 5.81. The van der Waals surface area contributed by atoms with Gasteiger partial charge in [-0.1, -0.05) is 20.8 Å². The van der Waals surface area contributed by atoms with Gasteiger partial charge in [0.05, 0.1) is 5.69 Å². The second-order valence-corrected chi connectivity index (χ2v) is 4.39. The smallest absolute Gasteiger partial charge is 0.131 e. The topological polar surface area (TPSA) is 37.8 Å². The van der Waals surface area contributed by atoms with Gasteiger partial charge >= 0.3 is 0 Å². The quantitative estimate of drug-likeness (QED) is 0.800. The summed E-state index contributed by atoms with van der Waals surface area (Å²) in [6.45, 7) is 8.47. The van der Waals surface area contributed by atoms with Gasteiger partial charge in [0.1, 0.15) is 5.82 Å². The average Bonchev–Trinajstić information content (AvgIpc) is 2.27. The highest BCUT2D eigenvalue weighted by Gasteiger charge is 2.17. The zero-order valence-electron chi connectivity index (χ0n) is 9.80. The van der Waals surface area contributed by atoms with Gasteiger partial charge in [0.2, 0.25) is 0 Å². The molecule has 15 heavy (non-hydrogen) atoms. The lowest BCUT2D eigenvalue weighted by atomic mass is 10.0. The van der Waals surface area contributed by atoms with E-state index in [0.717, 1.165) is 31.8 Å². The molecule has 1 aromatic heterocycles. The normalized spacial score (nSPS) is 15.5. The second-order valence-electron chi connectivity index (χ2n) is 4.39. The minimum absolute atomic E-state index is 0.426. The van der Waals surface area contributed by atoms with Gasteiger partial charge in [-0.2, -0.15) is 0 Å². The predicted octanol–water partition coefficient (Wildman–Crippen LogP) is 1.81. The van der Waals surface area contributed by atoms with Crippen LogP contribution in [-0.2, 0) is 19.4 Å². The van der Waals surface area contributed by atoms with E-state index in [9.17, 15) is 0 Å². The van der Waals surface area contributed by atoms with E-state index in [1.54, 1.807) is 0 Å². The molecule has 0 aromatic carbocycles. The number of rotatable bonds is 2. The zero-order chi connectivity index (χ0) is 10.8. The van der Waals surface area contributed by atoms with Crippen molar-refractivity contribution in [3.05, 3.63) is 22.8 Å². The molecule has 0 fully saturated rings. The van der Waals surface area contributed by atoms with Crippen molar-refractivity contribution >= 4 is 0 Å². The molecule has 0 saturated carbocycles. The first-order valence-electron chi connectivity index (χ1n) is 5.81. The Morgan fingerprint density at radius 1 is 1.33 bits per heavy atom. The van der Waals surface area contributed by atoms with E-state index in [1.165, 1.54) is 17.0 Å². The SMILES string of the molecule is CCc1nc(C(C)C)nc2c1CNCC2. The molecule has 2 rings (SSSR count). The van der Waals surface area contributed by atoms with E-state index in [-0.39, 0.29) is 0 Å². The van der Waals surface area contributed by atoms with Crippen molar-refractivity contribution in [3.8, 4) is 0 Å². The van der Waals surface area contributed by atoms with Gasteiger partial charge in [0.15, 0.2) is 0 Å². The van der Waals surface area contributed by atoms with E-state index >= 15 is 0 Å². The van der Waals surface area contributed by atoms with E-state index in [4.69, 9.17) is 0 Å². The molecule has 3 heteroatoms. The Bertz CT molecular complexity index is 341. The van der Waals surface area contributed by atoms with Gasteiger partial charge < -0.3 is 5.32 Å². The molecule has 1 aliphatic rings. The number of aromatic nitrogens is 2. The molecule has 1 N–H and O–H groups in total. The number of aryl methyl sites for hydroxylation is 1. The number of nitrogens with zero attached hydrogens (tertiary/aromatic N) is 2. The molecule has 0 saturated heterocycles. The molecule has 82 valence electrons. The van der Waals surface area contributed by atoms with Crippen LogP contribution in [-0.4, -0.2) is 16.5 Å². The van der Waals surface area contributed by atoms with Crippen LogP contribution < -0.4 is 5.32 Å². The van der Waals surface area contributed by atoms with Crippen molar-refractivity contribution in [2.24, 2.45) is 0 Å². The van der Waals surface area contributed by atoms with E-state index in [0.29, 0.717) is 5.92 Å². The van der Waals surface area contributed by atoms with Gasteiger partial charge in [0, 0.05) is 36.7 Å². The fourth-order valence-electron chi connectivity index (χ4n) is 1.98. The fourth-order valence-corrected chi connectivity index (χ4v) is 1.98. The summed E-state index contributed by atoms with van der Waals surface area (Å²) in [4.78, 5) is 9.32. The third-order valence-electron chi connectivity index (χ3n) is 2.89. The Hall–Kier alpha value is -0.960. The monoisotopic (exact) mass is 205 g/mol. The van der Waals surface area contributed by atoms with Gasteiger partial charge in [0.25, 0.3) is 0 Å². The molecular weight excluding hydrogens is 186 g/mol. The van der Waals surface area contributed by atoms with Crippen LogP contribution in [0.3, 0.4) is 0 Å². The number of hydrogen-bond donors (Lipinski definition) is 1. The Balaban J connectivity index is 2.48. The van der Waals surface area contributed by atoms with Crippen molar-refractivity contribution in [2.75, 3.05) is 6.54 Å². The molecule has 2 heterocycles. The summed E-state index contributed by atoms with van der Waals surface area (Å²) in [5.74, 6) is 1.43.